The van der Waals surface area contributed by atoms with Crippen LogP contribution in [0.2, 0.25) is 0 Å². The maximum absolute atomic E-state index is 12.4. The molecule has 0 aromatic carbocycles. The molecule has 1 fully saturated rings. The fourth-order valence-electron chi connectivity index (χ4n) is 2.60. The zero-order valence-electron chi connectivity index (χ0n) is 14.7. The van der Waals surface area contributed by atoms with Crippen molar-refractivity contribution in [3.8, 4) is 0 Å². The van der Waals surface area contributed by atoms with Crippen molar-refractivity contribution >= 4 is 45.9 Å². The van der Waals surface area contributed by atoms with Crippen LogP contribution < -0.4 is 5.32 Å². The number of aromatic nitrogens is 2. The van der Waals surface area contributed by atoms with Gasteiger partial charge in [-0.25, -0.2) is 4.68 Å². The number of hydrogen-bond donors (Lipinski definition) is 1. The van der Waals surface area contributed by atoms with E-state index in [1.54, 1.807) is 0 Å². The van der Waals surface area contributed by atoms with E-state index < -0.39 is 0 Å². The Morgan fingerprint density at radius 3 is 2.64 bits per heavy atom. The largest absolute Gasteiger partial charge is 0.356 e. The minimum absolute atomic E-state index is 0.0365. The van der Waals surface area contributed by atoms with E-state index in [1.165, 1.54) is 22.7 Å². The lowest BCUT2D eigenvalue weighted by Crippen LogP contribution is -2.48. The topological polar surface area (TPSA) is 53.4 Å². The van der Waals surface area contributed by atoms with E-state index in [2.05, 4.69) is 36.1 Å². The molecule has 6 nitrogen and oxygen atoms in total. The minimum atomic E-state index is -0.0365. The van der Waals surface area contributed by atoms with Crippen molar-refractivity contribution in [2.45, 2.75) is 33.0 Å². The molecular formula is C16H23N5OS3. The van der Waals surface area contributed by atoms with Crippen LogP contribution in [0.15, 0.2) is 17.5 Å². The number of amides is 1. The molecule has 2 aromatic rings. The summed E-state index contributed by atoms with van der Waals surface area (Å²) in [4.78, 5) is 17.4. The highest BCUT2D eigenvalue weighted by Crippen LogP contribution is 2.20. The highest BCUT2D eigenvalue weighted by molar-refractivity contribution is 7.73. The van der Waals surface area contributed by atoms with Gasteiger partial charge >= 0.3 is 0 Å². The van der Waals surface area contributed by atoms with Crippen LogP contribution in [0.4, 0.5) is 5.13 Å². The maximum atomic E-state index is 12.4. The molecule has 9 heteroatoms. The third-order valence-corrected chi connectivity index (χ3v) is 5.89. The molecule has 0 saturated carbocycles. The van der Waals surface area contributed by atoms with Crippen LogP contribution in [0.1, 0.15) is 30.4 Å². The van der Waals surface area contributed by atoms with E-state index in [-0.39, 0.29) is 11.4 Å². The fourth-order valence-corrected chi connectivity index (χ4v) is 4.50. The average Bonchev–Trinajstić information content (AvgIpc) is 3.16. The number of piperazine rings is 1. The first kappa shape index (κ1) is 18.5. The summed E-state index contributed by atoms with van der Waals surface area (Å²) >= 11 is 8.44. The summed E-state index contributed by atoms with van der Waals surface area (Å²) in [5.74, 6) is 0.136. The Kier molecular flexibility index (Phi) is 5.57. The Labute approximate surface area is 161 Å². The van der Waals surface area contributed by atoms with Gasteiger partial charge < -0.3 is 10.2 Å². The molecule has 2 aromatic heterocycles. The molecule has 1 aliphatic heterocycles. The molecule has 0 aliphatic carbocycles. The fraction of sp³-hybridized carbons (Fsp3) is 0.562. The summed E-state index contributed by atoms with van der Waals surface area (Å²) in [5.41, 5.74) is -0.0365. The van der Waals surface area contributed by atoms with Gasteiger partial charge in [0.1, 0.15) is 0 Å². The SMILES string of the molecule is CC(C)(C)Nc1nn(CN2CCN(C(=O)c3cccs3)CC2)c(=S)s1. The van der Waals surface area contributed by atoms with Crippen LogP contribution in [0.3, 0.4) is 0 Å². The predicted molar refractivity (Wildman–Crippen MR) is 106 cm³/mol. The summed E-state index contributed by atoms with van der Waals surface area (Å²) < 4.78 is 2.63. The number of thiophene rings is 1. The molecule has 1 aliphatic rings. The highest BCUT2D eigenvalue weighted by Gasteiger charge is 2.23. The number of nitrogens with one attached hydrogen (secondary N) is 1. The van der Waals surface area contributed by atoms with E-state index in [0.717, 1.165) is 40.1 Å². The van der Waals surface area contributed by atoms with Crippen molar-refractivity contribution in [3.63, 3.8) is 0 Å². The Bertz CT molecular complexity index is 767. The highest BCUT2D eigenvalue weighted by atomic mass is 32.1. The molecule has 0 atom stereocenters. The van der Waals surface area contributed by atoms with Crippen molar-refractivity contribution in [2.75, 3.05) is 31.5 Å². The van der Waals surface area contributed by atoms with E-state index in [9.17, 15) is 4.79 Å². The summed E-state index contributed by atoms with van der Waals surface area (Å²) in [6.07, 6.45) is 0. The van der Waals surface area contributed by atoms with Crippen LogP contribution in [-0.2, 0) is 6.67 Å². The van der Waals surface area contributed by atoms with Crippen molar-refractivity contribution in [3.05, 3.63) is 26.3 Å². The van der Waals surface area contributed by atoms with Crippen LogP contribution in [0.5, 0.6) is 0 Å². The van der Waals surface area contributed by atoms with Gasteiger partial charge in [-0.2, -0.15) is 0 Å². The molecule has 136 valence electrons. The number of hydrogen-bond acceptors (Lipinski definition) is 7. The first-order valence-corrected chi connectivity index (χ1v) is 10.3. The lowest BCUT2D eigenvalue weighted by atomic mass is 10.1. The smallest absolute Gasteiger partial charge is 0.264 e. The summed E-state index contributed by atoms with van der Waals surface area (Å²) in [6.45, 7) is 10.1. The lowest BCUT2D eigenvalue weighted by molar-refractivity contribution is 0.0591. The van der Waals surface area contributed by atoms with Crippen molar-refractivity contribution < 1.29 is 4.79 Å². The molecule has 3 heterocycles. The second-order valence-electron chi connectivity index (χ2n) is 7.08. The zero-order chi connectivity index (χ0) is 18.0. The van der Waals surface area contributed by atoms with E-state index in [4.69, 9.17) is 12.2 Å². The Hall–Kier alpha value is -1.29. The Morgan fingerprint density at radius 2 is 2.04 bits per heavy atom. The van der Waals surface area contributed by atoms with Crippen LogP contribution in [0.25, 0.3) is 0 Å². The van der Waals surface area contributed by atoms with Gasteiger partial charge in [-0.05, 0) is 44.4 Å². The van der Waals surface area contributed by atoms with Crippen molar-refractivity contribution in [2.24, 2.45) is 0 Å². The summed E-state index contributed by atoms with van der Waals surface area (Å²) in [5, 5.41) is 10.7. The Morgan fingerprint density at radius 1 is 1.32 bits per heavy atom. The molecule has 25 heavy (non-hydrogen) atoms. The quantitative estimate of drug-likeness (QED) is 0.802. The normalized spacial score (nSPS) is 16.2. The molecule has 0 radical (unpaired) electrons. The molecule has 3 rings (SSSR count). The van der Waals surface area contributed by atoms with Gasteiger partial charge in [-0.1, -0.05) is 17.4 Å². The van der Waals surface area contributed by atoms with Gasteiger partial charge in [-0.3, -0.25) is 9.69 Å². The van der Waals surface area contributed by atoms with Gasteiger partial charge in [0.2, 0.25) is 5.13 Å². The molecule has 0 bridgehead atoms. The third kappa shape index (κ3) is 4.87. The van der Waals surface area contributed by atoms with Gasteiger partial charge in [-0.15, -0.1) is 16.4 Å². The number of anilines is 1. The first-order chi connectivity index (χ1) is 11.8. The van der Waals surface area contributed by atoms with E-state index >= 15 is 0 Å². The summed E-state index contributed by atoms with van der Waals surface area (Å²) in [7, 11) is 0. The second kappa shape index (κ2) is 7.53. The lowest BCUT2D eigenvalue weighted by Gasteiger charge is -2.34. The maximum Gasteiger partial charge on any atom is 0.264 e. The number of rotatable bonds is 4. The third-order valence-electron chi connectivity index (χ3n) is 3.81. The molecule has 1 amide bonds. The second-order valence-corrected chi connectivity index (χ2v) is 9.65. The molecule has 0 spiro atoms. The molecule has 1 N–H and O–H groups in total. The monoisotopic (exact) mass is 397 g/mol. The number of carbonyl (C=O) groups is 1. The molecule has 0 unspecified atom stereocenters. The number of carbonyl (C=O) groups excluding carboxylic acids is 1. The Balaban J connectivity index is 1.56. The van der Waals surface area contributed by atoms with E-state index in [1.807, 2.05) is 27.1 Å². The van der Waals surface area contributed by atoms with Crippen LogP contribution in [-0.4, -0.2) is 57.2 Å². The van der Waals surface area contributed by atoms with Crippen LogP contribution >= 0.6 is 34.9 Å². The first-order valence-electron chi connectivity index (χ1n) is 8.23. The zero-order valence-corrected chi connectivity index (χ0v) is 17.1. The van der Waals surface area contributed by atoms with Crippen molar-refractivity contribution in [1.82, 2.24) is 19.6 Å². The van der Waals surface area contributed by atoms with Gasteiger partial charge in [0.05, 0.1) is 11.5 Å². The standard InChI is InChI=1S/C16H23N5OS3/c1-16(2,3)17-14-18-21(15(23)25-14)11-19-6-8-20(9-7-19)13(22)12-5-4-10-24-12/h4-5,10H,6-9,11H2,1-3H3,(H,17,18). The average molecular weight is 398 g/mol. The predicted octanol–water partition coefficient (Wildman–Crippen LogP) is 3.36. The van der Waals surface area contributed by atoms with Gasteiger partial charge in [0.25, 0.3) is 5.91 Å². The molecule has 1 saturated heterocycles. The van der Waals surface area contributed by atoms with Gasteiger partial charge in [0.15, 0.2) is 3.95 Å². The van der Waals surface area contributed by atoms with E-state index in [0.29, 0.717) is 6.67 Å². The minimum Gasteiger partial charge on any atom is -0.356 e. The number of nitrogens with zero attached hydrogens (tertiary/aromatic N) is 4. The summed E-state index contributed by atoms with van der Waals surface area (Å²) in [6, 6.07) is 3.80. The van der Waals surface area contributed by atoms with Gasteiger partial charge in [0, 0.05) is 31.7 Å². The van der Waals surface area contributed by atoms with Crippen LogP contribution in [0, 0.1) is 3.95 Å². The van der Waals surface area contributed by atoms with Crippen molar-refractivity contribution in [1.29, 1.82) is 0 Å². The molecular weight excluding hydrogens is 374 g/mol.